The zero-order chi connectivity index (χ0) is 23.6. The van der Waals surface area contributed by atoms with Gasteiger partial charge in [0.25, 0.3) is 11.5 Å². The van der Waals surface area contributed by atoms with E-state index in [0.29, 0.717) is 5.92 Å². The fourth-order valence-corrected chi connectivity index (χ4v) is 6.20. The van der Waals surface area contributed by atoms with Crippen LogP contribution in [-0.4, -0.2) is 34.2 Å². The standard InChI is InChI=1S/C29H29N3O2/c1-18-26-16-21-5-4-19(20-9-12-31(3)27(33)17-20)15-24(21)29(18,2)10-13-32(26)28(34)23-6-7-25-22(14-23)8-11-30-25/h4-7,9,11-12,14-15,17-18,26H,8,10,13,16H2,1-3H3/t18-,26-,29-/m1/s1. The lowest BCUT2D eigenvalue weighted by atomic mass is 9.58. The van der Waals surface area contributed by atoms with Crippen LogP contribution in [0.2, 0.25) is 0 Å². The van der Waals surface area contributed by atoms with E-state index in [0.717, 1.165) is 53.7 Å². The molecule has 0 N–H and O–H groups in total. The largest absolute Gasteiger partial charge is 0.335 e. The predicted molar refractivity (Wildman–Crippen MR) is 135 cm³/mol. The zero-order valence-electron chi connectivity index (χ0n) is 19.9. The third-order valence-electron chi connectivity index (χ3n) is 8.58. The van der Waals surface area contributed by atoms with Crippen LogP contribution in [0.5, 0.6) is 0 Å². The van der Waals surface area contributed by atoms with Crippen LogP contribution in [0, 0.1) is 5.92 Å². The number of pyridine rings is 1. The number of carbonyl (C=O) groups is 1. The van der Waals surface area contributed by atoms with Crippen molar-refractivity contribution in [2.75, 3.05) is 6.54 Å². The summed E-state index contributed by atoms with van der Waals surface area (Å²) in [5.41, 5.74) is 7.62. The number of aromatic nitrogens is 1. The van der Waals surface area contributed by atoms with Crippen molar-refractivity contribution in [3.63, 3.8) is 0 Å². The maximum Gasteiger partial charge on any atom is 0.254 e. The molecule has 3 heterocycles. The maximum absolute atomic E-state index is 13.6. The Balaban J connectivity index is 1.34. The number of nitrogens with zero attached hydrogens (tertiary/aromatic N) is 3. The van der Waals surface area contributed by atoms with Crippen molar-refractivity contribution in [3.05, 3.63) is 87.3 Å². The third kappa shape index (κ3) is 3.10. The zero-order valence-corrected chi connectivity index (χ0v) is 19.9. The number of aliphatic imine (C=N–C) groups is 1. The highest BCUT2D eigenvalue weighted by Gasteiger charge is 2.49. The quantitative estimate of drug-likeness (QED) is 0.568. The van der Waals surface area contributed by atoms with E-state index >= 15 is 0 Å². The first-order valence-electron chi connectivity index (χ1n) is 12.1. The highest BCUT2D eigenvalue weighted by Crippen LogP contribution is 2.49. The Morgan fingerprint density at radius 1 is 1.06 bits per heavy atom. The number of aryl methyl sites for hydroxylation is 1. The van der Waals surface area contributed by atoms with Gasteiger partial charge in [-0.2, -0.15) is 0 Å². The molecule has 3 aliphatic rings. The Hall–Kier alpha value is -3.47. The number of likely N-dealkylation sites (tertiary alicyclic amines) is 1. The molecular weight excluding hydrogens is 422 g/mol. The molecule has 2 bridgehead atoms. The first kappa shape index (κ1) is 21.1. The van der Waals surface area contributed by atoms with E-state index in [9.17, 15) is 9.59 Å². The Bertz CT molecular complexity index is 1420. The van der Waals surface area contributed by atoms with Crippen molar-refractivity contribution in [2.24, 2.45) is 18.0 Å². The molecule has 0 spiro atoms. The number of hydrogen-bond acceptors (Lipinski definition) is 3. The Morgan fingerprint density at radius 2 is 1.88 bits per heavy atom. The highest BCUT2D eigenvalue weighted by atomic mass is 16.2. The van der Waals surface area contributed by atoms with Gasteiger partial charge in [-0.3, -0.25) is 14.6 Å². The van der Waals surface area contributed by atoms with Crippen LogP contribution in [-0.2, 0) is 25.3 Å². The number of piperidine rings is 1. The van der Waals surface area contributed by atoms with E-state index in [2.05, 4.69) is 41.9 Å². The summed E-state index contributed by atoms with van der Waals surface area (Å²) in [6.07, 6.45) is 6.33. The number of amides is 1. The number of hydrogen-bond donors (Lipinski definition) is 0. The molecule has 3 aromatic rings. The molecule has 2 aliphatic heterocycles. The second kappa shape index (κ2) is 7.52. The topological polar surface area (TPSA) is 54.7 Å². The van der Waals surface area contributed by atoms with Gasteiger partial charge in [0.2, 0.25) is 0 Å². The van der Waals surface area contributed by atoms with Crippen molar-refractivity contribution >= 4 is 17.8 Å². The summed E-state index contributed by atoms with van der Waals surface area (Å²) in [5.74, 6) is 0.475. The van der Waals surface area contributed by atoms with E-state index in [-0.39, 0.29) is 22.9 Å². The Kier molecular flexibility index (Phi) is 4.67. The number of fused-ring (bicyclic) bond motifs is 5. The molecule has 1 saturated heterocycles. The van der Waals surface area contributed by atoms with E-state index < -0.39 is 0 Å². The van der Waals surface area contributed by atoms with Gasteiger partial charge >= 0.3 is 0 Å². The SMILES string of the molecule is C[C@@H]1[C@H]2Cc3ccc(-c4ccn(C)c(=O)c4)cc3[C@]1(C)CCN2C(=O)c1ccc2c(c1)CC=N2. The third-order valence-corrected chi connectivity index (χ3v) is 8.58. The van der Waals surface area contributed by atoms with Crippen LogP contribution in [0.25, 0.3) is 11.1 Å². The van der Waals surface area contributed by atoms with Gasteiger partial charge in [0.1, 0.15) is 0 Å². The van der Waals surface area contributed by atoms with E-state index in [1.165, 1.54) is 11.1 Å². The average molecular weight is 452 g/mol. The Morgan fingerprint density at radius 3 is 2.71 bits per heavy atom. The fourth-order valence-electron chi connectivity index (χ4n) is 6.20. The van der Waals surface area contributed by atoms with Crippen molar-refractivity contribution in [2.45, 2.75) is 44.6 Å². The summed E-state index contributed by atoms with van der Waals surface area (Å²) >= 11 is 0. The summed E-state index contributed by atoms with van der Waals surface area (Å²) in [4.78, 5) is 32.3. The molecule has 0 radical (unpaired) electrons. The minimum Gasteiger partial charge on any atom is -0.335 e. The normalized spacial score (nSPS) is 24.6. The first-order chi connectivity index (χ1) is 16.3. The summed E-state index contributed by atoms with van der Waals surface area (Å²) in [6.45, 7) is 5.41. The van der Waals surface area contributed by atoms with Crippen molar-refractivity contribution in [1.82, 2.24) is 9.47 Å². The summed E-state index contributed by atoms with van der Waals surface area (Å²) in [5, 5.41) is 0. The van der Waals surface area contributed by atoms with Crippen LogP contribution < -0.4 is 5.56 Å². The lowest BCUT2D eigenvalue weighted by Crippen LogP contribution is -2.59. The summed E-state index contributed by atoms with van der Waals surface area (Å²) in [7, 11) is 1.77. The Labute approximate surface area is 199 Å². The first-order valence-corrected chi connectivity index (χ1v) is 12.1. The molecule has 172 valence electrons. The van der Waals surface area contributed by atoms with E-state index in [1.807, 2.05) is 36.7 Å². The van der Waals surface area contributed by atoms with E-state index in [1.54, 1.807) is 17.7 Å². The van der Waals surface area contributed by atoms with Gasteiger partial charge < -0.3 is 9.47 Å². The lowest BCUT2D eigenvalue weighted by Gasteiger charge is -2.54. The molecule has 3 atom stereocenters. The van der Waals surface area contributed by atoms with Gasteiger partial charge in [0.05, 0.1) is 5.69 Å². The van der Waals surface area contributed by atoms with Crippen molar-refractivity contribution in [1.29, 1.82) is 0 Å². The molecule has 1 aromatic heterocycles. The van der Waals surface area contributed by atoms with Crippen LogP contribution in [0.15, 0.2) is 64.5 Å². The summed E-state index contributed by atoms with van der Waals surface area (Å²) < 4.78 is 1.59. The molecule has 1 fully saturated rings. The minimum atomic E-state index is -0.00342. The molecule has 1 aliphatic carbocycles. The number of rotatable bonds is 2. The smallest absolute Gasteiger partial charge is 0.254 e. The molecular formula is C29H29N3O2. The molecule has 6 rings (SSSR count). The van der Waals surface area contributed by atoms with Crippen molar-refractivity contribution < 1.29 is 4.79 Å². The van der Waals surface area contributed by atoms with Crippen LogP contribution >= 0.6 is 0 Å². The second-order valence-corrected chi connectivity index (χ2v) is 10.3. The van der Waals surface area contributed by atoms with E-state index in [4.69, 9.17) is 0 Å². The molecule has 2 aromatic carbocycles. The van der Waals surface area contributed by atoms with Gasteiger partial charge in [-0.15, -0.1) is 0 Å². The maximum atomic E-state index is 13.6. The summed E-state index contributed by atoms with van der Waals surface area (Å²) in [6, 6.07) is 16.4. The molecule has 5 nitrogen and oxygen atoms in total. The van der Waals surface area contributed by atoms with Crippen LogP contribution in [0.1, 0.15) is 47.3 Å². The fraction of sp³-hybridized carbons (Fsp3) is 0.345. The van der Waals surface area contributed by atoms with Gasteiger partial charge in [-0.25, -0.2) is 0 Å². The molecule has 34 heavy (non-hydrogen) atoms. The van der Waals surface area contributed by atoms with Gasteiger partial charge in [0, 0.05) is 50.1 Å². The molecule has 5 heteroatoms. The van der Waals surface area contributed by atoms with Gasteiger partial charge in [0.15, 0.2) is 0 Å². The molecule has 0 unspecified atom stereocenters. The predicted octanol–water partition coefficient (Wildman–Crippen LogP) is 4.68. The molecule has 0 saturated carbocycles. The monoisotopic (exact) mass is 451 g/mol. The lowest BCUT2D eigenvalue weighted by molar-refractivity contribution is 0.0251. The number of benzene rings is 2. The highest BCUT2D eigenvalue weighted by molar-refractivity contribution is 5.96. The van der Waals surface area contributed by atoms with Gasteiger partial charge in [-0.05, 0) is 76.3 Å². The molecule has 1 amide bonds. The minimum absolute atomic E-state index is 0.000183. The van der Waals surface area contributed by atoms with Crippen LogP contribution in [0.4, 0.5) is 5.69 Å². The number of carbonyl (C=O) groups excluding carboxylic acids is 1. The average Bonchev–Trinajstić information content (AvgIpc) is 3.31. The van der Waals surface area contributed by atoms with Gasteiger partial charge in [-0.1, -0.05) is 32.0 Å². The second-order valence-electron chi connectivity index (χ2n) is 10.3. The van der Waals surface area contributed by atoms with Crippen molar-refractivity contribution in [3.8, 4) is 11.1 Å². The van der Waals surface area contributed by atoms with Crippen LogP contribution in [0.3, 0.4) is 0 Å².